The van der Waals surface area contributed by atoms with Gasteiger partial charge in [0.05, 0.1) is 18.1 Å². The lowest BCUT2D eigenvalue weighted by Gasteiger charge is -2.26. The third-order valence-electron chi connectivity index (χ3n) is 4.31. The van der Waals surface area contributed by atoms with Crippen LogP contribution in [0.4, 0.5) is 0 Å². The molecule has 5 nitrogen and oxygen atoms in total. The molecule has 4 rings (SSSR count). The molecule has 2 aliphatic rings. The lowest BCUT2D eigenvalue weighted by Crippen LogP contribution is -2.40. The molecule has 2 aromatic rings. The van der Waals surface area contributed by atoms with Crippen molar-refractivity contribution < 1.29 is 17.9 Å². The highest BCUT2D eigenvalue weighted by atomic mass is 32.2. The standard InChI is InChI=1S/C17H15NO4S/c19-17-15-4-2-1-3-13(15)14-6-5-12(11-16(14)17)23(20,21)18-7-9-22-10-8-18/h1-6,11H,7-10H2. The van der Waals surface area contributed by atoms with E-state index in [4.69, 9.17) is 4.74 Å². The Morgan fingerprint density at radius 3 is 2.26 bits per heavy atom. The van der Waals surface area contributed by atoms with E-state index in [1.54, 1.807) is 18.2 Å². The summed E-state index contributed by atoms with van der Waals surface area (Å²) in [6, 6.07) is 12.2. The molecule has 0 spiro atoms. The fraction of sp³-hybridized carbons (Fsp3) is 0.235. The minimum Gasteiger partial charge on any atom is -0.379 e. The Morgan fingerprint density at radius 1 is 0.870 bits per heavy atom. The van der Waals surface area contributed by atoms with Crippen molar-refractivity contribution in [1.29, 1.82) is 0 Å². The number of benzene rings is 2. The van der Waals surface area contributed by atoms with Crippen molar-refractivity contribution in [3.8, 4) is 11.1 Å². The Hall–Kier alpha value is -2.02. The number of fused-ring (bicyclic) bond motifs is 3. The summed E-state index contributed by atoms with van der Waals surface area (Å²) in [4.78, 5) is 12.7. The molecule has 118 valence electrons. The van der Waals surface area contributed by atoms with Gasteiger partial charge in [-0.2, -0.15) is 4.31 Å². The van der Waals surface area contributed by atoms with Crippen LogP contribution in [0.15, 0.2) is 47.4 Å². The molecular formula is C17H15NO4S. The molecule has 1 aliphatic heterocycles. The fourth-order valence-electron chi connectivity index (χ4n) is 3.10. The molecule has 0 unspecified atom stereocenters. The van der Waals surface area contributed by atoms with Gasteiger partial charge in [-0.3, -0.25) is 4.79 Å². The van der Waals surface area contributed by atoms with E-state index in [0.717, 1.165) is 11.1 Å². The maximum atomic E-state index is 12.7. The number of carbonyl (C=O) groups excluding carboxylic acids is 1. The van der Waals surface area contributed by atoms with Gasteiger partial charge in [-0.1, -0.05) is 30.3 Å². The Bertz CT molecular complexity index is 899. The predicted molar refractivity (Wildman–Crippen MR) is 84.9 cm³/mol. The summed E-state index contributed by atoms with van der Waals surface area (Å²) in [7, 11) is -3.59. The van der Waals surface area contributed by atoms with E-state index in [1.807, 2.05) is 18.2 Å². The van der Waals surface area contributed by atoms with Gasteiger partial charge < -0.3 is 4.74 Å². The number of hydrogen-bond acceptors (Lipinski definition) is 4. The van der Waals surface area contributed by atoms with Crippen LogP contribution in [0.2, 0.25) is 0 Å². The van der Waals surface area contributed by atoms with Crippen molar-refractivity contribution in [2.45, 2.75) is 4.90 Å². The third-order valence-corrected chi connectivity index (χ3v) is 6.20. The SMILES string of the molecule is O=C1c2ccccc2-c2ccc(S(=O)(=O)N3CCOCC3)cc21. The maximum absolute atomic E-state index is 12.7. The summed E-state index contributed by atoms with van der Waals surface area (Å²) in [5.41, 5.74) is 2.75. The first-order chi connectivity index (χ1) is 11.1. The highest BCUT2D eigenvalue weighted by Gasteiger charge is 2.31. The van der Waals surface area contributed by atoms with Crippen LogP contribution >= 0.6 is 0 Å². The summed E-state index contributed by atoms with van der Waals surface area (Å²) in [5, 5.41) is 0. The molecule has 0 radical (unpaired) electrons. The zero-order valence-corrected chi connectivity index (χ0v) is 13.2. The number of sulfonamides is 1. The van der Waals surface area contributed by atoms with Gasteiger partial charge in [0, 0.05) is 24.2 Å². The van der Waals surface area contributed by atoms with Crippen molar-refractivity contribution >= 4 is 15.8 Å². The number of hydrogen-bond donors (Lipinski definition) is 0. The van der Waals surface area contributed by atoms with Crippen molar-refractivity contribution in [2.75, 3.05) is 26.3 Å². The minimum absolute atomic E-state index is 0.116. The van der Waals surface area contributed by atoms with E-state index in [0.29, 0.717) is 37.4 Å². The topological polar surface area (TPSA) is 63.7 Å². The molecule has 23 heavy (non-hydrogen) atoms. The van der Waals surface area contributed by atoms with Crippen LogP contribution in [-0.4, -0.2) is 44.8 Å². The van der Waals surface area contributed by atoms with Crippen LogP contribution in [0.5, 0.6) is 0 Å². The first-order valence-corrected chi connectivity index (χ1v) is 8.89. The zero-order valence-electron chi connectivity index (χ0n) is 12.4. The van der Waals surface area contributed by atoms with Crippen molar-refractivity contribution in [2.24, 2.45) is 0 Å². The Kier molecular flexibility index (Phi) is 3.33. The largest absolute Gasteiger partial charge is 0.379 e. The van der Waals surface area contributed by atoms with E-state index in [1.165, 1.54) is 10.4 Å². The lowest BCUT2D eigenvalue weighted by molar-refractivity contribution is 0.0730. The highest BCUT2D eigenvalue weighted by Crippen LogP contribution is 2.37. The number of carbonyl (C=O) groups is 1. The van der Waals surface area contributed by atoms with Crippen molar-refractivity contribution in [3.05, 3.63) is 53.6 Å². The molecule has 6 heteroatoms. The van der Waals surface area contributed by atoms with Gasteiger partial charge in [0.1, 0.15) is 0 Å². The average molecular weight is 329 g/mol. The molecule has 0 amide bonds. The molecular weight excluding hydrogens is 314 g/mol. The number of morpholine rings is 1. The fourth-order valence-corrected chi connectivity index (χ4v) is 4.54. The Morgan fingerprint density at radius 2 is 1.52 bits per heavy atom. The van der Waals surface area contributed by atoms with Gasteiger partial charge in [0.2, 0.25) is 10.0 Å². The van der Waals surface area contributed by atoms with Gasteiger partial charge in [0.15, 0.2) is 5.78 Å². The van der Waals surface area contributed by atoms with E-state index in [-0.39, 0.29) is 10.7 Å². The second kappa shape index (κ2) is 5.26. The molecule has 0 N–H and O–H groups in total. The molecule has 0 saturated carbocycles. The number of ketones is 1. The second-order valence-corrected chi connectivity index (χ2v) is 7.54. The number of nitrogens with zero attached hydrogens (tertiary/aromatic N) is 1. The summed E-state index contributed by atoms with van der Waals surface area (Å²) in [5.74, 6) is -0.116. The summed E-state index contributed by atoms with van der Waals surface area (Å²) >= 11 is 0. The van der Waals surface area contributed by atoms with Crippen LogP contribution in [0.3, 0.4) is 0 Å². The number of ether oxygens (including phenoxy) is 1. The minimum atomic E-state index is -3.59. The van der Waals surface area contributed by atoms with Crippen molar-refractivity contribution in [1.82, 2.24) is 4.31 Å². The average Bonchev–Trinajstić information content (AvgIpc) is 2.88. The van der Waals surface area contributed by atoms with Gasteiger partial charge in [-0.05, 0) is 23.3 Å². The van der Waals surface area contributed by atoms with E-state index >= 15 is 0 Å². The third kappa shape index (κ3) is 2.22. The summed E-state index contributed by atoms with van der Waals surface area (Å²) in [6.07, 6.45) is 0. The lowest BCUT2D eigenvalue weighted by atomic mass is 10.1. The molecule has 2 aromatic carbocycles. The first kappa shape index (κ1) is 14.6. The van der Waals surface area contributed by atoms with E-state index in [2.05, 4.69) is 0 Å². The molecule has 1 aliphatic carbocycles. The predicted octanol–water partition coefficient (Wildman–Crippen LogP) is 1.92. The van der Waals surface area contributed by atoms with Crippen molar-refractivity contribution in [3.63, 3.8) is 0 Å². The summed E-state index contributed by atoms with van der Waals surface area (Å²) in [6.45, 7) is 1.48. The Labute approximate surface area is 134 Å². The normalized spacial score (nSPS) is 17.8. The number of rotatable bonds is 2. The van der Waals surface area contributed by atoms with Crippen LogP contribution in [0, 0.1) is 0 Å². The molecule has 0 bridgehead atoms. The van der Waals surface area contributed by atoms with Gasteiger partial charge in [-0.25, -0.2) is 8.42 Å². The van der Waals surface area contributed by atoms with Crippen LogP contribution < -0.4 is 0 Å². The van der Waals surface area contributed by atoms with E-state index in [9.17, 15) is 13.2 Å². The smallest absolute Gasteiger partial charge is 0.243 e. The maximum Gasteiger partial charge on any atom is 0.243 e. The van der Waals surface area contributed by atoms with E-state index < -0.39 is 10.0 Å². The zero-order chi connectivity index (χ0) is 16.0. The molecule has 1 fully saturated rings. The quantitative estimate of drug-likeness (QED) is 0.720. The van der Waals surface area contributed by atoms with Gasteiger partial charge >= 0.3 is 0 Å². The van der Waals surface area contributed by atoms with Crippen LogP contribution in [0.25, 0.3) is 11.1 Å². The molecule has 1 saturated heterocycles. The molecule has 0 aromatic heterocycles. The monoisotopic (exact) mass is 329 g/mol. The van der Waals surface area contributed by atoms with Crippen LogP contribution in [-0.2, 0) is 14.8 Å². The summed E-state index contributed by atoms with van der Waals surface area (Å²) < 4.78 is 32.1. The molecule has 1 heterocycles. The van der Waals surface area contributed by atoms with Gasteiger partial charge in [0.25, 0.3) is 0 Å². The van der Waals surface area contributed by atoms with Gasteiger partial charge in [-0.15, -0.1) is 0 Å². The molecule has 0 atom stereocenters. The second-order valence-electron chi connectivity index (χ2n) is 5.60. The van der Waals surface area contributed by atoms with Crippen LogP contribution in [0.1, 0.15) is 15.9 Å². The highest BCUT2D eigenvalue weighted by molar-refractivity contribution is 7.89. The Balaban J connectivity index is 1.78. The first-order valence-electron chi connectivity index (χ1n) is 7.45.